The van der Waals surface area contributed by atoms with Crippen molar-refractivity contribution >= 4 is 15.7 Å². The average molecular weight is 331 g/mol. The van der Waals surface area contributed by atoms with Gasteiger partial charge in [-0.25, -0.2) is 8.42 Å². The van der Waals surface area contributed by atoms with E-state index in [-0.39, 0.29) is 4.90 Å². The largest absolute Gasteiger partial charge is 0.573 e. The van der Waals surface area contributed by atoms with E-state index in [1.54, 1.807) is 31.2 Å². The lowest BCUT2D eigenvalue weighted by Gasteiger charge is -2.12. The molecular weight excluding hydrogens is 319 g/mol. The van der Waals surface area contributed by atoms with E-state index >= 15 is 0 Å². The maximum absolute atomic E-state index is 12.2. The van der Waals surface area contributed by atoms with Crippen molar-refractivity contribution in [2.75, 3.05) is 4.72 Å². The Hall–Kier alpha value is -2.22. The summed E-state index contributed by atoms with van der Waals surface area (Å²) in [6, 6.07) is 10.8. The van der Waals surface area contributed by atoms with Crippen LogP contribution in [0.5, 0.6) is 5.75 Å². The second-order valence-corrected chi connectivity index (χ2v) is 6.18. The van der Waals surface area contributed by atoms with Crippen molar-refractivity contribution in [2.45, 2.75) is 18.2 Å². The summed E-state index contributed by atoms with van der Waals surface area (Å²) in [4.78, 5) is -0.323. The molecular formula is C14H12F3NO3S. The van der Waals surface area contributed by atoms with Gasteiger partial charge in [0.05, 0.1) is 4.90 Å². The molecule has 0 fully saturated rings. The van der Waals surface area contributed by atoms with Crippen LogP contribution in [0.3, 0.4) is 0 Å². The number of benzene rings is 2. The van der Waals surface area contributed by atoms with Gasteiger partial charge < -0.3 is 4.74 Å². The van der Waals surface area contributed by atoms with Crippen molar-refractivity contribution in [1.82, 2.24) is 0 Å². The van der Waals surface area contributed by atoms with Gasteiger partial charge in [-0.2, -0.15) is 0 Å². The van der Waals surface area contributed by atoms with Crippen LogP contribution in [-0.2, 0) is 10.0 Å². The van der Waals surface area contributed by atoms with Crippen molar-refractivity contribution in [1.29, 1.82) is 0 Å². The molecule has 0 atom stereocenters. The molecule has 0 saturated heterocycles. The zero-order valence-corrected chi connectivity index (χ0v) is 12.2. The molecule has 0 aliphatic rings. The van der Waals surface area contributed by atoms with Crippen LogP contribution in [0.15, 0.2) is 53.4 Å². The Balaban J connectivity index is 2.28. The Morgan fingerprint density at radius 3 is 2.36 bits per heavy atom. The zero-order chi connectivity index (χ0) is 16.4. The third-order valence-electron chi connectivity index (χ3n) is 2.62. The van der Waals surface area contributed by atoms with E-state index in [1.165, 1.54) is 12.1 Å². The van der Waals surface area contributed by atoms with Crippen molar-refractivity contribution in [3.8, 4) is 5.75 Å². The lowest BCUT2D eigenvalue weighted by Crippen LogP contribution is -2.18. The summed E-state index contributed by atoms with van der Waals surface area (Å²) >= 11 is 0. The van der Waals surface area contributed by atoms with Crippen LogP contribution in [-0.4, -0.2) is 14.8 Å². The number of hydrogen-bond acceptors (Lipinski definition) is 3. The molecule has 2 aromatic carbocycles. The molecule has 0 unspecified atom stereocenters. The molecule has 0 spiro atoms. The van der Waals surface area contributed by atoms with Crippen LogP contribution < -0.4 is 9.46 Å². The molecule has 0 heterocycles. The minimum Gasteiger partial charge on any atom is -0.406 e. The quantitative estimate of drug-likeness (QED) is 0.929. The number of anilines is 1. The number of ether oxygens (including phenoxy) is 1. The molecule has 22 heavy (non-hydrogen) atoms. The Labute approximate surface area is 125 Å². The summed E-state index contributed by atoms with van der Waals surface area (Å²) in [5.74, 6) is -0.598. The highest BCUT2D eigenvalue weighted by atomic mass is 32.2. The first-order valence-electron chi connectivity index (χ1n) is 6.11. The third kappa shape index (κ3) is 4.39. The number of nitrogens with one attached hydrogen (secondary N) is 1. The van der Waals surface area contributed by atoms with Gasteiger partial charge >= 0.3 is 6.36 Å². The predicted molar refractivity (Wildman–Crippen MR) is 75.1 cm³/mol. The summed E-state index contributed by atoms with van der Waals surface area (Å²) in [5, 5.41) is 0. The first kappa shape index (κ1) is 16.2. The highest BCUT2D eigenvalue weighted by Gasteiger charge is 2.31. The van der Waals surface area contributed by atoms with E-state index in [0.29, 0.717) is 5.69 Å². The van der Waals surface area contributed by atoms with Gasteiger partial charge in [0.15, 0.2) is 0 Å². The van der Waals surface area contributed by atoms with Crippen molar-refractivity contribution < 1.29 is 26.3 Å². The second kappa shape index (κ2) is 5.88. The van der Waals surface area contributed by atoms with Gasteiger partial charge in [-0.05, 0) is 36.8 Å². The standard InChI is InChI=1S/C14H12F3NO3S/c1-10-4-2-5-11(8-10)18-22(19,20)13-7-3-6-12(9-13)21-14(15,16)17/h2-9,18H,1H3. The predicted octanol–water partition coefficient (Wildman–Crippen LogP) is 3.69. The minimum atomic E-state index is -4.88. The van der Waals surface area contributed by atoms with E-state index in [4.69, 9.17) is 0 Å². The van der Waals surface area contributed by atoms with Crippen LogP contribution in [0.25, 0.3) is 0 Å². The molecule has 4 nitrogen and oxygen atoms in total. The molecule has 0 bridgehead atoms. The number of rotatable bonds is 4. The highest BCUT2D eigenvalue weighted by Crippen LogP contribution is 2.26. The van der Waals surface area contributed by atoms with Crippen LogP contribution in [0.1, 0.15) is 5.56 Å². The molecule has 1 N–H and O–H groups in total. The second-order valence-electron chi connectivity index (χ2n) is 4.50. The monoisotopic (exact) mass is 331 g/mol. The van der Waals surface area contributed by atoms with E-state index in [1.807, 2.05) is 0 Å². The number of sulfonamides is 1. The average Bonchev–Trinajstić information content (AvgIpc) is 2.36. The van der Waals surface area contributed by atoms with Gasteiger partial charge in [0, 0.05) is 11.8 Å². The number of hydrogen-bond donors (Lipinski definition) is 1. The van der Waals surface area contributed by atoms with E-state index in [0.717, 1.165) is 17.7 Å². The van der Waals surface area contributed by atoms with Crippen LogP contribution >= 0.6 is 0 Å². The van der Waals surface area contributed by atoms with E-state index in [2.05, 4.69) is 9.46 Å². The summed E-state index contributed by atoms with van der Waals surface area (Å²) in [6.45, 7) is 1.79. The van der Waals surface area contributed by atoms with Gasteiger partial charge in [-0.3, -0.25) is 4.72 Å². The molecule has 0 aromatic heterocycles. The lowest BCUT2D eigenvalue weighted by atomic mass is 10.2. The van der Waals surface area contributed by atoms with E-state index < -0.39 is 22.1 Å². The van der Waals surface area contributed by atoms with Crippen molar-refractivity contribution in [3.63, 3.8) is 0 Å². The van der Waals surface area contributed by atoms with Gasteiger partial charge in [0.25, 0.3) is 10.0 Å². The molecule has 8 heteroatoms. The maximum Gasteiger partial charge on any atom is 0.573 e. The van der Waals surface area contributed by atoms with Gasteiger partial charge in [0.1, 0.15) is 5.75 Å². The summed E-state index contributed by atoms with van der Waals surface area (Å²) < 4.78 is 66.9. The Bertz CT molecular complexity index is 773. The molecule has 0 saturated carbocycles. The number of halogens is 3. The first-order valence-corrected chi connectivity index (χ1v) is 7.59. The number of alkyl halides is 3. The van der Waals surface area contributed by atoms with Crippen LogP contribution in [0.2, 0.25) is 0 Å². The fourth-order valence-corrected chi connectivity index (χ4v) is 2.85. The molecule has 118 valence electrons. The van der Waals surface area contributed by atoms with E-state index in [9.17, 15) is 21.6 Å². The molecule has 2 aromatic rings. The van der Waals surface area contributed by atoms with Crippen molar-refractivity contribution in [2.24, 2.45) is 0 Å². The number of aryl methyl sites for hydroxylation is 1. The Morgan fingerprint density at radius 2 is 1.73 bits per heavy atom. The molecule has 0 aliphatic heterocycles. The smallest absolute Gasteiger partial charge is 0.406 e. The molecule has 0 radical (unpaired) electrons. The summed E-state index contributed by atoms with van der Waals surface area (Å²) in [6.07, 6.45) is -4.88. The third-order valence-corrected chi connectivity index (χ3v) is 4.00. The van der Waals surface area contributed by atoms with Gasteiger partial charge in [0.2, 0.25) is 0 Å². The molecule has 0 aliphatic carbocycles. The Kier molecular flexibility index (Phi) is 4.32. The minimum absolute atomic E-state index is 0.321. The zero-order valence-electron chi connectivity index (χ0n) is 11.4. The lowest BCUT2D eigenvalue weighted by molar-refractivity contribution is -0.274. The van der Waals surface area contributed by atoms with Gasteiger partial charge in [-0.1, -0.05) is 18.2 Å². The summed E-state index contributed by atoms with van der Waals surface area (Å²) in [5.41, 5.74) is 1.16. The topological polar surface area (TPSA) is 55.4 Å². The Morgan fingerprint density at radius 1 is 1.05 bits per heavy atom. The highest BCUT2D eigenvalue weighted by molar-refractivity contribution is 7.92. The van der Waals surface area contributed by atoms with Gasteiger partial charge in [-0.15, -0.1) is 13.2 Å². The van der Waals surface area contributed by atoms with Crippen LogP contribution in [0, 0.1) is 6.92 Å². The normalized spacial score (nSPS) is 12.0. The molecule has 2 rings (SSSR count). The summed E-state index contributed by atoms with van der Waals surface area (Å²) in [7, 11) is -4.01. The maximum atomic E-state index is 12.2. The van der Waals surface area contributed by atoms with Crippen LogP contribution in [0.4, 0.5) is 18.9 Å². The SMILES string of the molecule is Cc1cccc(NS(=O)(=O)c2cccc(OC(F)(F)F)c2)c1. The molecule has 0 amide bonds. The van der Waals surface area contributed by atoms with Crippen molar-refractivity contribution in [3.05, 3.63) is 54.1 Å². The first-order chi connectivity index (χ1) is 10.2. The fraction of sp³-hybridized carbons (Fsp3) is 0.143. The fourth-order valence-electron chi connectivity index (χ4n) is 1.76.